The number of aromatic nitrogens is 1. The topological polar surface area (TPSA) is 32.8 Å². The fourth-order valence-corrected chi connectivity index (χ4v) is 10.6. The molecule has 0 spiro atoms. The third-order valence-electron chi connectivity index (χ3n) is 6.59. The Labute approximate surface area is 224 Å². The van der Waals surface area contributed by atoms with Crippen molar-refractivity contribution in [2.45, 2.75) is 90.3 Å². The molecule has 0 fully saturated rings. The predicted octanol–water partition coefficient (Wildman–Crippen LogP) is 9.10. The van der Waals surface area contributed by atoms with Gasteiger partial charge in [-0.2, -0.15) is 0 Å². The molecule has 0 aliphatic heterocycles. The van der Waals surface area contributed by atoms with E-state index in [-0.39, 0.29) is 0 Å². The van der Waals surface area contributed by atoms with Crippen molar-refractivity contribution in [3.8, 4) is 0 Å². The van der Waals surface area contributed by atoms with E-state index in [2.05, 4.69) is 114 Å². The van der Waals surface area contributed by atoms with Crippen LogP contribution < -0.4 is 0 Å². The van der Waals surface area contributed by atoms with Gasteiger partial charge in [0.05, 0.1) is 46.0 Å². The van der Waals surface area contributed by atoms with Gasteiger partial charge in [0.15, 0.2) is 0 Å². The molecule has 0 radical (unpaired) electrons. The molecule has 3 rings (SSSR count). The fraction of sp³-hybridized carbons (Fsp3) is 0.500. The summed E-state index contributed by atoms with van der Waals surface area (Å²) in [6, 6.07) is 16.0. The first kappa shape index (κ1) is 31.7. The quantitative estimate of drug-likeness (QED) is 0.0829. The summed E-state index contributed by atoms with van der Waals surface area (Å²) >= 11 is 1.82. The average Bonchev–Trinajstić information content (AvgIpc) is 2.81. The van der Waals surface area contributed by atoms with Gasteiger partial charge >= 0.3 is 38.3 Å². The van der Waals surface area contributed by atoms with E-state index in [9.17, 15) is 0 Å². The minimum absolute atomic E-state index is 0.460. The number of fused-ring (bicyclic) bond motifs is 2. The molecular formula is C28H41ClNOP2Ru+2. The maximum atomic E-state index is 7.50. The Hall–Kier alpha value is -0.377. The molecule has 0 amide bonds. The minimum atomic E-state index is -0.460. The second-order valence-electron chi connectivity index (χ2n) is 10.1. The number of benzene rings is 2. The molecule has 0 atom stereocenters. The summed E-state index contributed by atoms with van der Waals surface area (Å²) in [5.41, 5.74) is 8.52. The van der Waals surface area contributed by atoms with Gasteiger partial charge in [-0.25, -0.2) is 4.98 Å². The van der Waals surface area contributed by atoms with E-state index in [0.29, 0.717) is 0 Å². The summed E-state index contributed by atoms with van der Waals surface area (Å²) in [6.45, 7) is 23.7. The summed E-state index contributed by atoms with van der Waals surface area (Å²) in [6.07, 6.45) is 2.43. The Morgan fingerprint density at radius 2 is 1.03 bits per heavy atom. The fourth-order valence-electron chi connectivity index (χ4n) is 4.88. The second-order valence-corrected chi connectivity index (χ2v) is 17.7. The number of halogens is 1. The molecule has 187 valence electrons. The SMILES string of the molecule is CC(C)[PH+](Cc1cccc2cc3cccc(C[PH+](C(C)C)C(C)C)c3nc12)C(C)C.[C-]#[O+].[Cl][Ru]. The van der Waals surface area contributed by atoms with Crippen molar-refractivity contribution < 1.29 is 22.0 Å². The monoisotopic (exact) mass is 606 g/mol. The van der Waals surface area contributed by atoms with Crippen molar-refractivity contribution in [2.24, 2.45) is 0 Å². The molecule has 0 saturated carbocycles. The van der Waals surface area contributed by atoms with Gasteiger partial charge in [-0.1, -0.05) is 36.4 Å². The number of pyridine rings is 1. The van der Waals surface area contributed by atoms with Crippen LogP contribution in [0.1, 0.15) is 66.5 Å². The maximum absolute atomic E-state index is 7.50. The summed E-state index contributed by atoms with van der Waals surface area (Å²) in [5, 5.41) is 2.59. The molecule has 0 unspecified atom stereocenters. The van der Waals surface area contributed by atoms with Crippen LogP contribution in [-0.4, -0.2) is 27.6 Å². The number of nitrogens with zero attached hydrogens (tertiary/aromatic N) is 1. The Kier molecular flexibility index (Phi) is 14.6. The van der Waals surface area contributed by atoms with E-state index in [0.717, 1.165) is 22.6 Å². The van der Waals surface area contributed by atoms with E-state index in [1.165, 1.54) is 45.3 Å². The molecule has 0 aliphatic rings. The molecule has 0 N–H and O–H groups in total. The van der Waals surface area contributed by atoms with Gasteiger partial charge in [0.25, 0.3) is 0 Å². The summed E-state index contributed by atoms with van der Waals surface area (Å²) < 4.78 is 7.50. The Balaban J connectivity index is 0.00000137. The molecule has 0 saturated heterocycles. The van der Waals surface area contributed by atoms with Crippen molar-refractivity contribution in [1.29, 1.82) is 0 Å². The first-order valence-electron chi connectivity index (χ1n) is 12.0. The van der Waals surface area contributed by atoms with Crippen LogP contribution in [0.2, 0.25) is 0 Å². The van der Waals surface area contributed by atoms with E-state index in [4.69, 9.17) is 9.64 Å². The van der Waals surface area contributed by atoms with Crippen molar-refractivity contribution in [2.75, 3.05) is 0 Å². The zero-order chi connectivity index (χ0) is 26.0. The summed E-state index contributed by atoms with van der Waals surface area (Å²) in [4.78, 5) is 5.35. The van der Waals surface area contributed by atoms with Gasteiger partial charge in [-0.05, 0) is 61.5 Å². The van der Waals surface area contributed by atoms with Crippen molar-refractivity contribution in [3.63, 3.8) is 0 Å². The molecule has 0 aliphatic carbocycles. The number of hydrogen-bond acceptors (Lipinski definition) is 1. The predicted molar refractivity (Wildman–Crippen MR) is 154 cm³/mol. The zero-order valence-electron chi connectivity index (χ0n) is 21.9. The van der Waals surface area contributed by atoms with Crippen LogP contribution in [0, 0.1) is 6.65 Å². The third kappa shape index (κ3) is 8.34. The first-order valence-corrected chi connectivity index (χ1v) is 18.0. The van der Waals surface area contributed by atoms with Gasteiger partial charge in [-0.3, -0.25) is 0 Å². The van der Waals surface area contributed by atoms with Crippen LogP contribution in [0.25, 0.3) is 21.8 Å². The molecule has 0 bridgehead atoms. The van der Waals surface area contributed by atoms with Gasteiger partial charge in [0, 0.05) is 37.7 Å². The normalized spacial score (nSPS) is 11.5. The van der Waals surface area contributed by atoms with Crippen LogP contribution in [0.3, 0.4) is 0 Å². The summed E-state index contributed by atoms with van der Waals surface area (Å²) in [7, 11) is 3.65. The van der Waals surface area contributed by atoms with E-state index >= 15 is 0 Å². The standard InChI is InChI=1S/C27H39NP2.CO.ClH.Ru/c1-18(2)29(19(3)4)16-24-13-9-11-22-15-23-12-10-14-25(27(23)28-26(22)24)17-30(20(5)6)21(7)8;1-2;;/h9-15,18-21H,16-17H2,1-8H3;;1H;/q;;;+1/p+1. The molecule has 2 nitrogen and oxygen atoms in total. The van der Waals surface area contributed by atoms with Crippen LogP contribution in [0.5, 0.6) is 0 Å². The van der Waals surface area contributed by atoms with Crippen LogP contribution in [0.15, 0.2) is 42.5 Å². The third-order valence-corrected chi connectivity index (χ3v) is 14.1. The summed E-state index contributed by atoms with van der Waals surface area (Å²) in [5.74, 6) is 0. The zero-order valence-corrected chi connectivity index (χ0v) is 26.3. The Morgan fingerprint density at radius 1 is 0.706 bits per heavy atom. The van der Waals surface area contributed by atoms with Crippen LogP contribution >= 0.6 is 25.5 Å². The van der Waals surface area contributed by atoms with Gasteiger partial charge in [0.2, 0.25) is 0 Å². The van der Waals surface area contributed by atoms with E-state index in [1.807, 2.05) is 17.3 Å². The van der Waals surface area contributed by atoms with Gasteiger partial charge in [0.1, 0.15) is 0 Å². The molecule has 1 heterocycles. The number of para-hydroxylation sites is 2. The van der Waals surface area contributed by atoms with E-state index < -0.39 is 15.8 Å². The van der Waals surface area contributed by atoms with Crippen molar-refractivity contribution in [3.05, 3.63) is 60.2 Å². The van der Waals surface area contributed by atoms with Gasteiger partial charge < -0.3 is 0 Å². The average molecular weight is 606 g/mol. The molecule has 1 aromatic heterocycles. The molecule has 2 aromatic carbocycles. The van der Waals surface area contributed by atoms with E-state index in [1.54, 1.807) is 0 Å². The van der Waals surface area contributed by atoms with Crippen LogP contribution in [0.4, 0.5) is 0 Å². The van der Waals surface area contributed by atoms with Crippen LogP contribution in [-0.2, 0) is 34.3 Å². The molecule has 34 heavy (non-hydrogen) atoms. The molecular weight excluding hydrogens is 565 g/mol. The van der Waals surface area contributed by atoms with Gasteiger partial charge in [-0.15, -0.1) is 0 Å². The van der Waals surface area contributed by atoms with Crippen molar-refractivity contribution in [1.82, 2.24) is 4.98 Å². The Bertz CT molecular complexity index is 959. The molecule has 3 aromatic rings. The first-order chi connectivity index (χ1) is 16.2. The Morgan fingerprint density at radius 3 is 1.32 bits per heavy atom. The van der Waals surface area contributed by atoms with Crippen molar-refractivity contribution >= 4 is 47.3 Å². The molecule has 6 heteroatoms. The second kappa shape index (κ2) is 15.7. The number of hydrogen-bond donors (Lipinski definition) is 0. The number of rotatable bonds is 8.